The number of hydrogen-bond acceptors (Lipinski definition) is 3. The lowest BCUT2D eigenvalue weighted by Gasteiger charge is -2.31. The predicted octanol–water partition coefficient (Wildman–Crippen LogP) is 3.64. The van der Waals surface area contributed by atoms with Crippen molar-refractivity contribution in [3.05, 3.63) is 26.6 Å². The van der Waals surface area contributed by atoms with Crippen LogP contribution in [-0.4, -0.2) is 18.9 Å². The van der Waals surface area contributed by atoms with Gasteiger partial charge in [0.05, 0.1) is 15.4 Å². The van der Waals surface area contributed by atoms with Crippen LogP contribution in [0.2, 0.25) is 0 Å². The average Bonchev–Trinajstić information content (AvgIpc) is 2.39. The molecule has 1 aromatic carbocycles. The lowest BCUT2D eigenvalue weighted by Crippen LogP contribution is -2.55. The summed E-state index contributed by atoms with van der Waals surface area (Å²) in [6.07, 6.45) is 0.978. The molecule has 0 heterocycles. The van der Waals surface area contributed by atoms with E-state index >= 15 is 0 Å². The molecule has 0 fully saturated rings. The van der Waals surface area contributed by atoms with Crippen LogP contribution in [0.3, 0.4) is 0 Å². The highest BCUT2D eigenvalue weighted by atomic mass is 79.9. The minimum atomic E-state index is -3.75. The number of aryl methyl sites for hydroxylation is 1. The molecule has 8 heteroatoms. The molecule has 4 nitrogen and oxygen atoms in total. The first kappa shape index (κ1) is 19.0. The normalized spacial score (nSPS) is 12.4. The molecular weight excluding hydrogens is 440 g/mol. The van der Waals surface area contributed by atoms with Gasteiger partial charge < -0.3 is 5.73 Å². The molecule has 0 spiro atoms. The van der Waals surface area contributed by atoms with Crippen LogP contribution in [0, 0.1) is 6.92 Å². The van der Waals surface area contributed by atoms with Gasteiger partial charge in [-0.15, -0.1) is 0 Å². The maximum atomic E-state index is 12.7. The van der Waals surface area contributed by atoms with Crippen molar-refractivity contribution in [1.82, 2.24) is 4.72 Å². The van der Waals surface area contributed by atoms with Crippen LogP contribution >= 0.6 is 44.1 Å². The van der Waals surface area contributed by atoms with Gasteiger partial charge in [0, 0.05) is 8.95 Å². The van der Waals surface area contributed by atoms with Crippen LogP contribution in [0.5, 0.6) is 0 Å². The molecule has 0 atom stereocenters. The Morgan fingerprint density at radius 3 is 2.24 bits per heavy atom. The van der Waals surface area contributed by atoms with Crippen molar-refractivity contribution in [2.24, 2.45) is 5.73 Å². The third-order valence-corrected chi connectivity index (χ3v) is 7.25. The second-order valence-corrected chi connectivity index (χ2v) is 8.59. The Balaban J connectivity index is 3.36. The topological polar surface area (TPSA) is 72.2 Å². The van der Waals surface area contributed by atoms with Crippen molar-refractivity contribution in [3.8, 4) is 0 Å². The zero-order valence-corrected chi connectivity index (χ0v) is 16.8. The van der Waals surface area contributed by atoms with E-state index in [1.165, 1.54) is 0 Å². The highest BCUT2D eigenvalue weighted by molar-refractivity contribution is 9.11. The monoisotopic (exact) mass is 456 g/mol. The number of thiocarbonyl (C=S) groups is 1. The summed E-state index contributed by atoms with van der Waals surface area (Å²) in [6, 6.07) is 3.32. The molecule has 0 saturated carbocycles. The van der Waals surface area contributed by atoms with E-state index in [2.05, 4.69) is 36.6 Å². The fraction of sp³-hybridized carbons (Fsp3) is 0.462. The van der Waals surface area contributed by atoms with Crippen LogP contribution in [0.4, 0.5) is 0 Å². The van der Waals surface area contributed by atoms with Gasteiger partial charge >= 0.3 is 0 Å². The smallest absolute Gasteiger partial charge is 0.242 e. The maximum Gasteiger partial charge on any atom is 0.242 e. The molecule has 1 rings (SSSR count). The standard InChI is InChI=1S/C13H18Br2N2O2S2/c1-4-13(5-2,12(16)20)17-21(18,19)11-7-9(14)8(3)6-10(11)15/h6-7,17H,4-5H2,1-3H3,(H2,16,20). The third kappa shape index (κ3) is 4.04. The second-order valence-electron chi connectivity index (χ2n) is 4.79. The fourth-order valence-corrected chi connectivity index (χ4v) is 5.55. The van der Waals surface area contributed by atoms with Crippen LogP contribution < -0.4 is 10.5 Å². The van der Waals surface area contributed by atoms with Crippen molar-refractivity contribution in [3.63, 3.8) is 0 Å². The summed E-state index contributed by atoms with van der Waals surface area (Å²) in [5.74, 6) is 0. The number of halogens is 2. The van der Waals surface area contributed by atoms with Gasteiger partial charge in [0.15, 0.2) is 0 Å². The number of rotatable bonds is 6. The first-order chi connectivity index (χ1) is 9.59. The van der Waals surface area contributed by atoms with Crippen molar-refractivity contribution in [2.75, 3.05) is 0 Å². The highest BCUT2D eigenvalue weighted by Gasteiger charge is 2.35. The lowest BCUT2D eigenvalue weighted by atomic mass is 9.94. The van der Waals surface area contributed by atoms with Crippen LogP contribution in [-0.2, 0) is 10.0 Å². The third-order valence-electron chi connectivity index (χ3n) is 3.51. The zero-order chi connectivity index (χ0) is 16.4. The Morgan fingerprint density at radius 2 is 1.81 bits per heavy atom. The zero-order valence-electron chi connectivity index (χ0n) is 12.0. The highest BCUT2D eigenvalue weighted by Crippen LogP contribution is 2.30. The van der Waals surface area contributed by atoms with Gasteiger partial charge in [-0.05, 0) is 53.4 Å². The summed E-state index contributed by atoms with van der Waals surface area (Å²) in [7, 11) is -3.75. The number of nitrogens with one attached hydrogen (secondary N) is 1. The van der Waals surface area contributed by atoms with Gasteiger partial charge in [-0.25, -0.2) is 8.42 Å². The molecule has 0 saturated heterocycles. The molecule has 0 amide bonds. The summed E-state index contributed by atoms with van der Waals surface area (Å²) >= 11 is 11.7. The Labute approximate surface area is 148 Å². The second kappa shape index (κ2) is 7.04. The maximum absolute atomic E-state index is 12.7. The van der Waals surface area contributed by atoms with Crippen molar-refractivity contribution < 1.29 is 8.42 Å². The summed E-state index contributed by atoms with van der Waals surface area (Å²) in [6.45, 7) is 5.59. The Hall–Kier alpha value is -0.0200. The molecule has 1 aromatic rings. The summed E-state index contributed by atoms with van der Waals surface area (Å²) in [5.41, 5.74) is 5.78. The van der Waals surface area contributed by atoms with Crippen LogP contribution in [0.1, 0.15) is 32.3 Å². The molecule has 0 aliphatic carbocycles. The van der Waals surface area contributed by atoms with Crippen molar-refractivity contribution >= 4 is 59.1 Å². The van der Waals surface area contributed by atoms with Crippen molar-refractivity contribution in [2.45, 2.75) is 44.0 Å². The van der Waals surface area contributed by atoms with E-state index in [1.807, 2.05) is 20.8 Å². The first-order valence-corrected chi connectivity index (χ1v) is 9.87. The first-order valence-electron chi connectivity index (χ1n) is 6.39. The van der Waals surface area contributed by atoms with E-state index in [0.717, 1.165) is 10.0 Å². The SMILES string of the molecule is CCC(CC)(NS(=O)(=O)c1cc(Br)c(C)cc1Br)C(N)=S. The minimum Gasteiger partial charge on any atom is -0.392 e. The number of hydrogen-bond donors (Lipinski definition) is 2. The molecule has 0 unspecified atom stereocenters. The number of nitrogens with two attached hydrogens (primary N) is 1. The summed E-state index contributed by atoms with van der Waals surface area (Å²) in [5, 5.41) is 0. The fourth-order valence-electron chi connectivity index (χ4n) is 1.94. The number of benzene rings is 1. The van der Waals surface area contributed by atoms with E-state index in [0.29, 0.717) is 17.3 Å². The molecular formula is C13H18Br2N2O2S2. The van der Waals surface area contributed by atoms with Gasteiger partial charge in [-0.1, -0.05) is 42.0 Å². The average molecular weight is 458 g/mol. The van der Waals surface area contributed by atoms with Crippen molar-refractivity contribution in [1.29, 1.82) is 0 Å². The minimum absolute atomic E-state index is 0.151. The van der Waals surface area contributed by atoms with Gasteiger partial charge in [-0.2, -0.15) is 4.72 Å². The molecule has 0 aromatic heterocycles. The molecule has 0 radical (unpaired) electrons. The van der Waals surface area contributed by atoms with Gasteiger partial charge in [0.2, 0.25) is 10.0 Å². The Kier molecular flexibility index (Phi) is 6.38. The van der Waals surface area contributed by atoms with E-state index in [-0.39, 0.29) is 9.88 Å². The quantitative estimate of drug-likeness (QED) is 0.639. The number of sulfonamides is 1. The van der Waals surface area contributed by atoms with Gasteiger partial charge in [-0.3, -0.25) is 0 Å². The van der Waals surface area contributed by atoms with Crippen LogP contribution in [0.15, 0.2) is 26.0 Å². The molecule has 21 heavy (non-hydrogen) atoms. The molecule has 0 bridgehead atoms. The lowest BCUT2D eigenvalue weighted by molar-refractivity contribution is 0.465. The molecule has 0 aliphatic heterocycles. The van der Waals surface area contributed by atoms with E-state index in [9.17, 15) is 8.42 Å². The van der Waals surface area contributed by atoms with E-state index < -0.39 is 15.6 Å². The van der Waals surface area contributed by atoms with Gasteiger partial charge in [0.25, 0.3) is 0 Å². The largest absolute Gasteiger partial charge is 0.392 e. The summed E-state index contributed by atoms with van der Waals surface area (Å²) < 4.78 is 29.2. The molecule has 3 N–H and O–H groups in total. The van der Waals surface area contributed by atoms with E-state index in [1.54, 1.807) is 12.1 Å². The van der Waals surface area contributed by atoms with Gasteiger partial charge in [0.1, 0.15) is 0 Å². The summed E-state index contributed by atoms with van der Waals surface area (Å²) in [4.78, 5) is 0.306. The predicted molar refractivity (Wildman–Crippen MR) is 97.0 cm³/mol. The van der Waals surface area contributed by atoms with E-state index in [4.69, 9.17) is 18.0 Å². The van der Waals surface area contributed by atoms with Crippen LogP contribution in [0.25, 0.3) is 0 Å². The Bertz CT molecular complexity index is 656. The molecule has 0 aliphatic rings. The molecule has 118 valence electrons. The Morgan fingerprint density at radius 1 is 1.29 bits per heavy atom.